The average Bonchev–Trinajstić information content (AvgIpc) is 2.59. The van der Waals surface area contributed by atoms with E-state index in [1.165, 1.54) is 19.5 Å². The third kappa shape index (κ3) is 4.41. The number of nitrogens with one attached hydrogen (secondary N) is 1. The number of aromatic nitrogens is 2. The fraction of sp³-hybridized carbons (Fsp3) is 0.250. The van der Waals surface area contributed by atoms with Crippen LogP contribution in [0, 0.1) is 17.2 Å². The van der Waals surface area contributed by atoms with Gasteiger partial charge in [-0.3, -0.25) is 4.79 Å². The first-order chi connectivity index (χ1) is 11.1. The van der Waals surface area contributed by atoms with Gasteiger partial charge in [0.05, 0.1) is 13.0 Å². The second-order valence-corrected chi connectivity index (χ2v) is 4.84. The molecule has 0 unspecified atom stereocenters. The van der Waals surface area contributed by atoms with E-state index < -0.39 is 5.92 Å². The maximum absolute atomic E-state index is 11.9. The smallest absolute Gasteiger partial charge is 0.310 e. The zero-order chi connectivity index (χ0) is 16.7. The molecular formula is C16H16N4O3. The molecule has 0 aliphatic rings. The minimum Gasteiger partial charge on any atom is -0.508 e. The molecular weight excluding hydrogens is 296 g/mol. The van der Waals surface area contributed by atoms with Gasteiger partial charge in [0.1, 0.15) is 11.8 Å². The summed E-state index contributed by atoms with van der Waals surface area (Å²) in [7, 11) is 1.33. The van der Waals surface area contributed by atoms with Crippen molar-refractivity contribution in [2.24, 2.45) is 5.92 Å². The number of nitriles is 1. The zero-order valence-corrected chi connectivity index (χ0v) is 12.6. The highest BCUT2D eigenvalue weighted by Crippen LogP contribution is 2.16. The quantitative estimate of drug-likeness (QED) is 0.778. The lowest BCUT2D eigenvalue weighted by atomic mass is 9.99. The van der Waals surface area contributed by atoms with Crippen LogP contribution in [-0.2, 0) is 16.0 Å². The maximum Gasteiger partial charge on any atom is 0.310 e. The summed E-state index contributed by atoms with van der Waals surface area (Å²) >= 11 is 0. The van der Waals surface area contributed by atoms with Crippen molar-refractivity contribution in [3.8, 4) is 11.8 Å². The lowest BCUT2D eigenvalue weighted by molar-refractivity contribution is -0.144. The Kier molecular flexibility index (Phi) is 5.47. The molecule has 7 nitrogen and oxygen atoms in total. The second-order valence-electron chi connectivity index (χ2n) is 4.84. The predicted octanol–water partition coefficient (Wildman–Crippen LogP) is 1.50. The van der Waals surface area contributed by atoms with Crippen LogP contribution in [0.5, 0.6) is 5.75 Å². The number of carbonyl (C=O) groups excluding carboxylic acids is 1. The number of hydrogen-bond donors (Lipinski definition) is 2. The lowest BCUT2D eigenvalue weighted by Gasteiger charge is -2.16. The molecule has 1 aromatic carbocycles. The van der Waals surface area contributed by atoms with E-state index in [1.807, 2.05) is 6.07 Å². The molecule has 1 heterocycles. The topological polar surface area (TPSA) is 108 Å². The Morgan fingerprint density at radius 2 is 2.04 bits per heavy atom. The van der Waals surface area contributed by atoms with Gasteiger partial charge in [-0.15, -0.1) is 0 Å². The van der Waals surface area contributed by atoms with Gasteiger partial charge in [0.2, 0.25) is 0 Å². The Labute approximate surface area is 133 Å². The Morgan fingerprint density at radius 3 is 2.70 bits per heavy atom. The standard InChI is InChI=1S/C16H16N4O3/c1-23-16(22)12(8-11-2-4-13(21)5-3-11)10-20-15-14(9-17)18-6-7-19-15/h2-7,12,21H,8,10H2,1H3,(H,19,20)/t12-/m1/s1. The largest absolute Gasteiger partial charge is 0.508 e. The zero-order valence-electron chi connectivity index (χ0n) is 12.6. The van der Waals surface area contributed by atoms with Crippen molar-refractivity contribution in [1.29, 1.82) is 5.26 Å². The highest BCUT2D eigenvalue weighted by molar-refractivity contribution is 5.73. The van der Waals surface area contributed by atoms with Gasteiger partial charge in [-0.2, -0.15) is 5.26 Å². The minimum atomic E-state index is -0.460. The molecule has 118 valence electrons. The maximum atomic E-state index is 11.9. The van der Waals surface area contributed by atoms with Crippen LogP contribution in [0.4, 0.5) is 5.82 Å². The van der Waals surface area contributed by atoms with Crippen LogP contribution in [0.3, 0.4) is 0 Å². The first-order valence-electron chi connectivity index (χ1n) is 6.94. The fourth-order valence-electron chi connectivity index (χ4n) is 2.09. The Balaban J connectivity index is 2.08. The van der Waals surface area contributed by atoms with Gasteiger partial charge in [-0.1, -0.05) is 12.1 Å². The number of hydrogen-bond acceptors (Lipinski definition) is 7. The van der Waals surface area contributed by atoms with Crippen molar-refractivity contribution in [3.63, 3.8) is 0 Å². The first kappa shape index (κ1) is 16.2. The Morgan fingerprint density at radius 1 is 1.35 bits per heavy atom. The van der Waals surface area contributed by atoms with E-state index in [0.717, 1.165) is 5.56 Å². The SMILES string of the molecule is COC(=O)[C@@H](CNc1nccnc1C#N)Cc1ccc(O)cc1. The fourth-order valence-corrected chi connectivity index (χ4v) is 2.09. The lowest BCUT2D eigenvalue weighted by Crippen LogP contribution is -2.27. The third-order valence-corrected chi connectivity index (χ3v) is 3.27. The van der Waals surface area contributed by atoms with Crippen LogP contribution in [0.25, 0.3) is 0 Å². The molecule has 0 saturated heterocycles. The molecule has 1 aromatic heterocycles. The van der Waals surface area contributed by atoms with E-state index in [1.54, 1.807) is 24.3 Å². The number of aromatic hydroxyl groups is 1. The van der Waals surface area contributed by atoms with Gasteiger partial charge >= 0.3 is 5.97 Å². The molecule has 23 heavy (non-hydrogen) atoms. The second kappa shape index (κ2) is 7.75. The van der Waals surface area contributed by atoms with Gasteiger partial charge in [0.25, 0.3) is 0 Å². The van der Waals surface area contributed by atoms with Gasteiger partial charge in [-0.05, 0) is 24.1 Å². The molecule has 0 fully saturated rings. The monoisotopic (exact) mass is 312 g/mol. The van der Waals surface area contributed by atoms with E-state index in [4.69, 9.17) is 10.00 Å². The molecule has 0 spiro atoms. The van der Waals surface area contributed by atoms with Crippen molar-refractivity contribution in [3.05, 3.63) is 47.9 Å². The summed E-state index contributed by atoms with van der Waals surface area (Å²) in [6.07, 6.45) is 3.33. The highest BCUT2D eigenvalue weighted by atomic mass is 16.5. The molecule has 2 N–H and O–H groups in total. The normalized spacial score (nSPS) is 11.3. The van der Waals surface area contributed by atoms with Gasteiger partial charge < -0.3 is 15.2 Å². The van der Waals surface area contributed by atoms with Crippen LogP contribution < -0.4 is 5.32 Å². The number of nitrogens with zero attached hydrogens (tertiary/aromatic N) is 3. The van der Waals surface area contributed by atoms with Crippen LogP contribution in [0.2, 0.25) is 0 Å². The van der Waals surface area contributed by atoms with E-state index >= 15 is 0 Å². The number of methoxy groups -OCH3 is 1. The van der Waals surface area contributed by atoms with E-state index in [2.05, 4.69) is 15.3 Å². The van der Waals surface area contributed by atoms with Gasteiger partial charge in [0.15, 0.2) is 11.5 Å². The van der Waals surface area contributed by atoms with Gasteiger partial charge in [-0.25, -0.2) is 9.97 Å². The Bertz CT molecular complexity index is 710. The number of phenols is 1. The first-order valence-corrected chi connectivity index (χ1v) is 6.94. The molecule has 0 aliphatic heterocycles. The van der Waals surface area contributed by atoms with Crippen molar-refractivity contribution >= 4 is 11.8 Å². The summed E-state index contributed by atoms with van der Waals surface area (Å²) < 4.78 is 4.82. The van der Waals surface area contributed by atoms with Crippen LogP contribution >= 0.6 is 0 Å². The number of carbonyl (C=O) groups is 1. The summed E-state index contributed by atoms with van der Waals surface area (Å²) in [6.45, 7) is 0.251. The number of esters is 1. The summed E-state index contributed by atoms with van der Waals surface area (Å²) in [4.78, 5) is 19.9. The minimum absolute atomic E-state index is 0.166. The molecule has 0 saturated carbocycles. The number of ether oxygens (including phenoxy) is 1. The highest BCUT2D eigenvalue weighted by Gasteiger charge is 2.20. The van der Waals surface area contributed by atoms with Crippen LogP contribution in [-0.4, -0.2) is 34.7 Å². The van der Waals surface area contributed by atoms with Crippen molar-refractivity contribution in [1.82, 2.24) is 9.97 Å². The molecule has 0 amide bonds. The summed E-state index contributed by atoms with van der Waals surface area (Å²) in [5.41, 5.74) is 1.06. The number of anilines is 1. The molecule has 2 rings (SSSR count). The molecule has 0 aliphatic carbocycles. The van der Waals surface area contributed by atoms with Gasteiger partial charge in [0, 0.05) is 18.9 Å². The molecule has 0 radical (unpaired) electrons. The third-order valence-electron chi connectivity index (χ3n) is 3.27. The predicted molar refractivity (Wildman–Crippen MR) is 82.6 cm³/mol. The van der Waals surface area contributed by atoms with Crippen molar-refractivity contribution in [2.45, 2.75) is 6.42 Å². The number of phenolic OH excluding ortho intramolecular Hbond substituents is 1. The average molecular weight is 312 g/mol. The summed E-state index contributed by atoms with van der Waals surface area (Å²) in [5, 5.41) is 21.3. The van der Waals surface area contributed by atoms with E-state index in [0.29, 0.717) is 12.2 Å². The summed E-state index contributed by atoms with van der Waals surface area (Å²) in [6, 6.07) is 8.55. The van der Waals surface area contributed by atoms with Crippen LogP contribution in [0.15, 0.2) is 36.7 Å². The van der Waals surface area contributed by atoms with Crippen molar-refractivity contribution < 1.29 is 14.6 Å². The molecule has 0 bridgehead atoms. The molecule has 2 aromatic rings. The van der Waals surface area contributed by atoms with Crippen molar-refractivity contribution in [2.75, 3.05) is 19.0 Å². The summed E-state index contributed by atoms with van der Waals surface area (Å²) in [5.74, 6) is -0.333. The number of benzene rings is 1. The molecule has 1 atom stereocenters. The van der Waals surface area contributed by atoms with E-state index in [9.17, 15) is 9.90 Å². The van der Waals surface area contributed by atoms with E-state index in [-0.39, 0.29) is 24.0 Å². The Hall–Kier alpha value is -3.14. The van der Waals surface area contributed by atoms with Crippen LogP contribution in [0.1, 0.15) is 11.3 Å². The number of rotatable bonds is 6. The molecule has 7 heteroatoms.